The van der Waals surface area contributed by atoms with Gasteiger partial charge in [-0.1, -0.05) is 0 Å². The van der Waals surface area contributed by atoms with E-state index in [2.05, 4.69) is 0 Å². The van der Waals surface area contributed by atoms with Gasteiger partial charge in [0.15, 0.2) is 0 Å². The quantitative estimate of drug-likeness (QED) is 0.688. The third-order valence-corrected chi connectivity index (χ3v) is 1.74. The number of benzene rings is 1. The lowest BCUT2D eigenvalue weighted by Crippen LogP contribution is -2.21. The van der Waals surface area contributed by atoms with Crippen molar-refractivity contribution in [3.63, 3.8) is 0 Å². The summed E-state index contributed by atoms with van der Waals surface area (Å²) in [5.41, 5.74) is 0.597. The first-order chi connectivity index (χ1) is 6.65. The number of nitrogens with zero attached hydrogens (tertiary/aromatic N) is 1. The van der Waals surface area contributed by atoms with Gasteiger partial charge < -0.3 is 14.6 Å². The second kappa shape index (κ2) is 4.67. The molecule has 4 nitrogen and oxygen atoms in total. The molecule has 0 heterocycles. The summed E-state index contributed by atoms with van der Waals surface area (Å²) in [6, 6.07) is 6.61. The molecule has 0 unspecified atom stereocenters. The van der Waals surface area contributed by atoms with E-state index in [1.54, 1.807) is 38.4 Å². The van der Waals surface area contributed by atoms with Crippen molar-refractivity contribution >= 4 is 13.6 Å². The Morgan fingerprint density at radius 2 is 1.93 bits per heavy atom. The molecule has 0 aliphatic rings. The molecule has 1 aromatic rings. The van der Waals surface area contributed by atoms with Crippen LogP contribution in [0.25, 0.3) is 0 Å². The molecule has 1 N–H and O–H groups in total. The first kappa shape index (κ1) is 10.6. The third kappa shape index (κ3) is 2.50. The fourth-order valence-electron chi connectivity index (χ4n) is 1.03. The van der Waals surface area contributed by atoms with Crippen LogP contribution in [0.15, 0.2) is 24.3 Å². The molecule has 0 spiro atoms. The van der Waals surface area contributed by atoms with Crippen LogP contribution in [0.3, 0.4) is 0 Å². The van der Waals surface area contributed by atoms with E-state index in [0.717, 1.165) is 0 Å². The van der Waals surface area contributed by atoms with Crippen molar-refractivity contribution in [1.29, 1.82) is 0 Å². The Labute approximate surface area is 83.4 Å². The van der Waals surface area contributed by atoms with Gasteiger partial charge in [-0.15, -0.1) is 0 Å². The average molecular weight is 193 g/mol. The molecular formula is C9H12BNO3. The van der Waals surface area contributed by atoms with Gasteiger partial charge in [0.05, 0.1) is 0 Å². The van der Waals surface area contributed by atoms with E-state index in [1.807, 2.05) is 0 Å². The maximum absolute atomic E-state index is 11.4. The molecule has 0 fully saturated rings. The van der Waals surface area contributed by atoms with Gasteiger partial charge in [-0.2, -0.15) is 0 Å². The van der Waals surface area contributed by atoms with Crippen LogP contribution in [0, 0.1) is 0 Å². The Hall–Kier alpha value is -1.49. The van der Waals surface area contributed by atoms with Crippen molar-refractivity contribution in [2.45, 2.75) is 0 Å². The minimum absolute atomic E-state index is 0.0550. The van der Waals surface area contributed by atoms with Gasteiger partial charge in [0.2, 0.25) is 0 Å². The molecular weight excluding hydrogens is 181 g/mol. The zero-order valence-electron chi connectivity index (χ0n) is 8.23. The molecule has 74 valence electrons. The summed E-state index contributed by atoms with van der Waals surface area (Å²) in [4.78, 5) is 13.0. The van der Waals surface area contributed by atoms with Crippen LogP contribution >= 0.6 is 0 Å². The molecule has 0 radical (unpaired) electrons. The van der Waals surface area contributed by atoms with E-state index in [-0.39, 0.29) is 13.6 Å². The van der Waals surface area contributed by atoms with Gasteiger partial charge >= 0.3 is 7.69 Å². The van der Waals surface area contributed by atoms with Gasteiger partial charge in [-0.05, 0) is 24.3 Å². The highest BCUT2D eigenvalue weighted by atomic mass is 16.5. The van der Waals surface area contributed by atoms with E-state index in [0.29, 0.717) is 11.3 Å². The summed E-state index contributed by atoms with van der Waals surface area (Å²) in [7, 11) is 3.03. The SMILES string of the molecule is CN(C)C(=O)c1ccc(OBO)cc1. The molecule has 0 saturated carbocycles. The van der Waals surface area contributed by atoms with E-state index in [9.17, 15) is 4.79 Å². The van der Waals surface area contributed by atoms with Gasteiger partial charge in [-0.25, -0.2) is 0 Å². The van der Waals surface area contributed by atoms with Crippen molar-refractivity contribution in [3.05, 3.63) is 29.8 Å². The highest BCUT2D eigenvalue weighted by Crippen LogP contribution is 2.12. The second-order valence-electron chi connectivity index (χ2n) is 3.00. The number of rotatable bonds is 3. The van der Waals surface area contributed by atoms with E-state index in [4.69, 9.17) is 9.68 Å². The first-order valence-corrected chi connectivity index (χ1v) is 4.20. The summed E-state index contributed by atoms with van der Waals surface area (Å²) >= 11 is 0. The zero-order valence-corrected chi connectivity index (χ0v) is 8.23. The van der Waals surface area contributed by atoms with Gasteiger partial charge in [0.1, 0.15) is 5.75 Å². The topological polar surface area (TPSA) is 49.8 Å². The predicted molar refractivity (Wildman–Crippen MR) is 54.5 cm³/mol. The lowest BCUT2D eigenvalue weighted by Gasteiger charge is -2.10. The van der Waals surface area contributed by atoms with Gasteiger partial charge in [0, 0.05) is 19.7 Å². The summed E-state index contributed by atoms with van der Waals surface area (Å²) in [5.74, 6) is 0.489. The lowest BCUT2D eigenvalue weighted by atomic mass is 10.2. The lowest BCUT2D eigenvalue weighted by molar-refractivity contribution is 0.0827. The number of hydrogen-bond donors (Lipinski definition) is 1. The van der Waals surface area contributed by atoms with E-state index >= 15 is 0 Å². The van der Waals surface area contributed by atoms with Crippen molar-refractivity contribution in [1.82, 2.24) is 4.90 Å². The number of carbonyl (C=O) groups is 1. The number of carbonyl (C=O) groups excluding carboxylic acids is 1. The Morgan fingerprint density at radius 3 is 2.36 bits per heavy atom. The maximum Gasteiger partial charge on any atom is 0.504 e. The second-order valence-corrected chi connectivity index (χ2v) is 3.00. The Bertz CT molecular complexity index is 310. The summed E-state index contributed by atoms with van der Waals surface area (Å²) < 4.78 is 4.83. The maximum atomic E-state index is 11.4. The van der Waals surface area contributed by atoms with Crippen molar-refractivity contribution in [2.75, 3.05) is 14.1 Å². The molecule has 0 aromatic heterocycles. The molecule has 0 saturated heterocycles. The smallest absolute Gasteiger partial charge is 0.504 e. The minimum atomic E-state index is -0.360. The van der Waals surface area contributed by atoms with Crippen LogP contribution in [-0.2, 0) is 0 Å². The first-order valence-electron chi connectivity index (χ1n) is 4.20. The Kier molecular flexibility index (Phi) is 3.53. The largest absolute Gasteiger partial charge is 0.539 e. The van der Waals surface area contributed by atoms with Crippen molar-refractivity contribution < 1.29 is 14.5 Å². The molecule has 0 atom stereocenters. The van der Waals surface area contributed by atoms with Crippen LogP contribution in [0.2, 0.25) is 0 Å². The molecule has 1 amide bonds. The highest BCUT2D eigenvalue weighted by Gasteiger charge is 2.06. The molecule has 0 aliphatic carbocycles. The minimum Gasteiger partial charge on any atom is -0.539 e. The Morgan fingerprint density at radius 1 is 1.36 bits per heavy atom. The highest BCUT2D eigenvalue weighted by molar-refractivity contribution is 6.17. The van der Waals surface area contributed by atoms with Gasteiger partial charge in [0.25, 0.3) is 5.91 Å². The van der Waals surface area contributed by atoms with Crippen LogP contribution in [0.5, 0.6) is 5.75 Å². The fourth-order valence-corrected chi connectivity index (χ4v) is 1.03. The Balaban J connectivity index is 2.78. The molecule has 14 heavy (non-hydrogen) atoms. The molecule has 5 heteroatoms. The van der Waals surface area contributed by atoms with Crippen LogP contribution in [0.4, 0.5) is 0 Å². The predicted octanol–water partition coefficient (Wildman–Crippen LogP) is 0.0260. The van der Waals surface area contributed by atoms with Crippen LogP contribution in [-0.4, -0.2) is 37.6 Å². The molecule has 1 aromatic carbocycles. The average Bonchev–Trinajstić information content (AvgIpc) is 2.18. The van der Waals surface area contributed by atoms with Crippen LogP contribution in [0.1, 0.15) is 10.4 Å². The summed E-state index contributed by atoms with van der Waals surface area (Å²) in [6.07, 6.45) is 0. The fraction of sp³-hybridized carbons (Fsp3) is 0.222. The normalized spacial score (nSPS) is 9.36. The monoisotopic (exact) mass is 193 g/mol. The van der Waals surface area contributed by atoms with E-state index in [1.165, 1.54) is 4.90 Å². The summed E-state index contributed by atoms with van der Waals surface area (Å²) in [6.45, 7) is 0. The van der Waals surface area contributed by atoms with Crippen molar-refractivity contribution in [3.8, 4) is 5.75 Å². The molecule has 1 rings (SSSR count). The number of amides is 1. The molecule has 0 aliphatic heterocycles. The van der Waals surface area contributed by atoms with Gasteiger partial charge in [-0.3, -0.25) is 4.79 Å². The summed E-state index contributed by atoms with van der Waals surface area (Å²) in [5, 5.41) is 8.49. The third-order valence-electron chi connectivity index (χ3n) is 1.74. The van der Waals surface area contributed by atoms with Crippen molar-refractivity contribution in [2.24, 2.45) is 0 Å². The zero-order chi connectivity index (χ0) is 10.6. The number of hydrogen-bond acceptors (Lipinski definition) is 3. The van der Waals surface area contributed by atoms with Crippen LogP contribution < -0.4 is 4.65 Å². The van der Waals surface area contributed by atoms with E-state index < -0.39 is 0 Å². The standard InChI is InChI=1S/C9H12BNO3/c1-11(2)9(12)7-3-5-8(6-4-7)14-10-13/h3-6,10,13H,1-2H3. The molecule has 0 bridgehead atoms.